The third-order valence-electron chi connectivity index (χ3n) is 16.8. The lowest BCUT2D eigenvalue weighted by Gasteiger charge is -2.10. The van der Waals surface area contributed by atoms with Crippen LogP contribution < -0.4 is 0 Å². The Morgan fingerprint density at radius 3 is 0.922 bits per heavy atom. The molecule has 3 aromatic carbocycles. The van der Waals surface area contributed by atoms with Gasteiger partial charge in [0.1, 0.15) is 0 Å². The molecule has 446 valence electrons. The fourth-order valence-electron chi connectivity index (χ4n) is 12.6. The molecule has 10 aromatic heterocycles. The number of benzene rings is 3. The predicted octanol–water partition coefficient (Wildman–Crippen LogP) is 25.1. The van der Waals surface area contributed by atoms with Gasteiger partial charge in [-0.25, -0.2) is 0 Å². The summed E-state index contributed by atoms with van der Waals surface area (Å²) < 4.78 is 2.67. The van der Waals surface area contributed by atoms with Crippen LogP contribution in [0.3, 0.4) is 0 Å². The van der Waals surface area contributed by atoms with Crippen LogP contribution in [-0.4, -0.2) is 23.1 Å². The van der Waals surface area contributed by atoms with Gasteiger partial charge in [-0.2, -0.15) is 0 Å². The number of rotatable bonds is 14. The maximum Gasteiger partial charge on any atom is 0.197 e. The van der Waals surface area contributed by atoms with E-state index < -0.39 is 0 Å². The first kappa shape index (κ1) is 59.6. The van der Waals surface area contributed by atoms with E-state index in [1.54, 1.807) is 59.1 Å². The minimum atomic E-state index is -0.199. The number of Topliss-reactive ketones (excluding diaryl/α,β-unsaturated/α-hetero) is 4. The Balaban J connectivity index is 0.813. The summed E-state index contributed by atoms with van der Waals surface area (Å²) in [5.41, 5.74) is 12.4. The van der Waals surface area contributed by atoms with Gasteiger partial charge < -0.3 is 0 Å². The highest BCUT2D eigenvalue weighted by atomic mass is 32.1. The summed E-state index contributed by atoms with van der Waals surface area (Å²) in [4.78, 5) is 75.6. The number of fused-ring (bicyclic) bond motifs is 4. The molecule has 0 fully saturated rings. The molecule has 90 heavy (non-hydrogen) atoms. The minimum absolute atomic E-state index is 0.199. The molecule has 0 saturated carbocycles. The van der Waals surface area contributed by atoms with E-state index in [0.717, 1.165) is 43.5 Å². The summed E-state index contributed by atoms with van der Waals surface area (Å²) >= 11 is 18.5. The highest BCUT2D eigenvalue weighted by molar-refractivity contribution is 7.32. The molecule has 0 saturated heterocycles. The van der Waals surface area contributed by atoms with E-state index in [9.17, 15) is 19.2 Å². The maximum atomic E-state index is 13.4. The van der Waals surface area contributed by atoms with Crippen molar-refractivity contribution in [2.24, 2.45) is 11.8 Å². The van der Waals surface area contributed by atoms with Crippen LogP contribution in [0.25, 0.3) is 112 Å². The second kappa shape index (κ2) is 23.2. The predicted molar refractivity (Wildman–Crippen MR) is 395 cm³/mol. The molecule has 4 nitrogen and oxygen atoms in total. The summed E-state index contributed by atoms with van der Waals surface area (Å²) in [5, 5.41) is 2.63. The lowest BCUT2D eigenvalue weighted by molar-refractivity contribution is 0.0975. The van der Waals surface area contributed by atoms with Crippen molar-refractivity contribution < 1.29 is 19.2 Å². The first-order valence-corrected chi connectivity index (χ1v) is 38.1. The molecule has 0 aliphatic heterocycles. The molecule has 0 N–H and O–H groups in total. The van der Waals surface area contributed by atoms with Crippen molar-refractivity contribution in [2.75, 3.05) is 0 Å². The summed E-state index contributed by atoms with van der Waals surface area (Å²) in [6, 6.07) is 42.4. The Morgan fingerprint density at radius 2 is 0.611 bits per heavy atom. The number of ketones is 4. The summed E-state index contributed by atoms with van der Waals surface area (Å²) in [6.45, 7) is 22.5. The van der Waals surface area contributed by atoms with E-state index in [0.29, 0.717) is 34.1 Å². The zero-order valence-corrected chi connectivity index (χ0v) is 59.2. The molecule has 0 atom stereocenters. The number of thiophene rings is 10. The van der Waals surface area contributed by atoms with E-state index in [-0.39, 0.29) is 34.3 Å². The van der Waals surface area contributed by atoms with E-state index in [1.807, 2.05) is 115 Å². The van der Waals surface area contributed by atoms with E-state index >= 15 is 0 Å². The number of aryl methyl sites for hydroxylation is 6. The van der Waals surface area contributed by atoms with Crippen molar-refractivity contribution in [2.45, 2.75) is 82.1 Å². The maximum absolute atomic E-state index is 13.4. The second-order valence-corrected chi connectivity index (χ2v) is 35.3. The van der Waals surface area contributed by atoms with Crippen molar-refractivity contribution in [3.8, 4) is 79.4 Å². The monoisotopic (exact) mass is 1350 g/mol. The summed E-state index contributed by atoms with van der Waals surface area (Å²) in [5.74, 6) is 0.297. The first-order chi connectivity index (χ1) is 43.3. The lowest BCUT2D eigenvalue weighted by atomic mass is 9.99. The van der Waals surface area contributed by atoms with Crippen LogP contribution in [0.1, 0.15) is 122 Å². The molecule has 0 radical (unpaired) electrons. The quantitative estimate of drug-likeness (QED) is 0.0804. The normalized spacial score (nSPS) is 13.3. The van der Waals surface area contributed by atoms with Gasteiger partial charge in [0.15, 0.2) is 23.1 Å². The minimum Gasteiger partial charge on any atom is -0.288 e. The van der Waals surface area contributed by atoms with Gasteiger partial charge in [0, 0.05) is 141 Å². The topological polar surface area (TPSA) is 68.3 Å². The fourth-order valence-corrected chi connectivity index (χ4v) is 25.7. The van der Waals surface area contributed by atoms with E-state index in [1.165, 1.54) is 122 Å². The van der Waals surface area contributed by atoms with Crippen LogP contribution >= 0.6 is 113 Å². The van der Waals surface area contributed by atoms with Gasteiger partial charge in [-0.3, -0.25) is 19.2 Å². The zero-order valence-electron chi connectivity index (χ0n) is 51.0. The summed E-state index contributed by atoms with van der Waals surface area (Å²) in [7, 11) is 0. The second-order valence-electron chi connectivity index (χ2n) is 24.5. The molecule has 0 unspecified atom stereocenters. The molecule has 2 aliphatic carbocycles. The van der Waals surface area contributed by atoms with Crippen molar-refractivity contribution in [3.05, 3.63) is 208 Å². The average Bonchev–Trinajstić information content (AvgIpc) is 1.56. The van der Waals surface area contributed by atoms with Crippen molar-refractivity contribution in [3.63, 3.8) is 0 Å². The lowest BCUT2D eigenvalue weighted by Crippen LogP contribution is -1.99. The Hall–Kier alpha value is -6.66. The molecular formula is C76H58O4S10. The molecule has 14 heteroatoms. The fraction of sp³-hybridized carbons (Fsp3) is 0.184. The Labute approximate surface area is 563 Å². The molecule has 15 rings (SSSR count). The first-order valence-electron chi connectivity index (χ1n) is 30.0. The molecule has 2 aliphatic rings. The molecule has 13 aromatic rings. The van der Waals surface area contributed by atoms with Crippen LogP contribution in [0, 0.1) is 53.4 Å². The Kier molecular flexibility index (Phi) is 15.4. The van der Waals surface area contributed by atoms with Gasteiger partial charge in [0.25, 0.3) is 0 Å². The molecule has 10 heterocycles. The average molecular weight is 1360 g/mol. The number of hydrogen-bond acceptors (Lipinski definition) is 14. The van der Waals surface area contributed by atoms with Gasteiger partial charge in [0.05, 0.1) is 11.1 Å². The third kappa shape index (κ3) is 10.3. The number of hydrogen-bond donors (Lipinski definition) is 0. The highest BCUT2D eigenvalue weighted by Gasteiger charge is 2.35. The third-order valence-corrected chi connectivity index (χ3v) is 29.7. The Bertz CT molecular complexity index is 4800. The Morgan fingerprint density at radius 1 is 0.322 bits per heavy atom. The van der Waals surface area contributed by atoms with E-state index in [4.69, 9.17) is 0 Å². The number of allylic oxidation sites excluding steroid dienone is 2. The highest BCUT2D eigenvalue weighted by Crippen LogP contribution is 2.57. The largest absolute Gasteiger partial charge is 0.288 e. The van der Waals surface area contributed by atoms with Crippen LogP contribution in [-0.2, 0) is 12.8 Å². The number of carbonyl (C=O) groups excluding carboxylic acids is 4. The summed E-state index contributed by atoms with van der Waals surface area (Å²) in [6.07, 6.45) is 5.67. The van der Waals surface area contributed by atoms with Crippen LogP contribution in [0.5, 0.6) is 0 Å². The van der Waals surface area contributed by atoms with Crippen LogP contribution in [0.4, 0.5) is 0 Å². The zero-order chi connectivity index (χ0) is 62.3. The number of carbonyl (C=O) groups is 4. The van der Waals surface area contributed by atoms with Gasteiger partial charge in [-0.05, 0) is 185 Å². The van der Waals surface area contributed by atoms with Gasteiger partial charge >= 0.3 is 0 Å². The van der Waals surface area contributed by atoms with Crippen molar-refractivity contribution >= 4 is 169 Å². The van der Waals surface area contributed by atoms with Gasteiger partial charge in [0.2, 0.25) is 0 Å². The molecule has 0 bridgehead atoms. The van der Waals surface area contributed by atoms with E-state index in [2.05, 4.69) is 142 Å². The SMILES string of the molecule is Cc1cc(C=C2C(=O)c3ccccc3C2=O)sc1-c1cc(C)c(-c2cc(C)c(-c3cc4c(-c5ccc(CC(C)C)s5)c5sc(-c6sc(-c7sc(-c8sc(C=C9C(=O)c%10ccccc%10C9=O)cc8C)cc7C)cc6C)cc5c(-c5ccc(CC(C)C)s5)c4s3)s2)s1. The molecular weight excluding hydrogens is 1300 g/mol. The molecule has 0 spiro atoms. The van der Waals surface area contributed by atoms with Gasteiger partial charge in [-0.1, -0.05) is 76.2 Å². The molecule has 0 amide bonds. The smallest absolute Gasteiger partial charge is 0.197 e. The van der Waals surface area contributed by atoms with Crippen LogP contribution in [0.15, 0.2) is 132 Å². The standard InChI is InChI=1S/C76H58O4S10/c1-35(2)23-43-19-21-55(81-43)63-51-33-61(73-41(9)29-59(87-73)71-39(7)27-57(85-71)69-37(5)25-45(83-69)31-53-65(77)47-15-11-12-16-48(47)66(53)78)90-76(51)64(56-22-20-44(82-56)24-36(3)4)52-34-62(89-75(52)63)74-42(10)30-60(88-74)72-40(8)28-58(86-72)70-38(6)26-46(84-70)32-54-67(79)49-17-13-14-18-50(49)68(54)80/h11-22,25-36H,23-24H2,1-10H3. The van der Waals surface area contributed by atoms with Gasteiger partial charge in [-0.15, -0.1) is 113 Å². The van der Waals surface area contributed by atoms with Crippen molar-refractivity contribution in [1.82, 2.24) is 0 Å². The van der Waals surface area contributed by atoms with Crippen molar-refractivity contribution in [1.29, 1.82) is 0 Å². The van der Waals surface area contributed by atoms with Crippen LogP contribution in [0.2, 0.25) is 0 Å².